The zero-order chi connectivity index (χ0) is 23.8. The van der Waals surface area contributed by atoms with Gasteiger partial charge in [0.2, 0.25) is 5.79 Å². The summed E-state index contributed by atoms with van der Waals surface area (Å²) in [7, 11) is 0. The van der Waals surface area contributed by atoms with Gasteiger partial charge in [-0.1, -0.05) is 0 Å². The van der Waals surface area contributed by atoms with Crippen LogP contribution in [0.2, 0.25) is 0 Å². The van der Waals surface area contributed by atoms with E-state index in [-0.39, 0.29) is 13.2 Å². The van der Waals surface area contributed by atoms with Crippen LogP contribution in [0.1, 0.15) is 6.92 Å². The van der Waals surface area contributed by atoms with Crippen LogP contribution in [0.5, 0.6) is 0 Å². The number of hydrogen-bond acceptors (Lipinski definition) is 14. The molecule has 0 aliphatic carbocycles. The third-order valence-electron chi connectivity index (χ3n) is 4.67. The van der Waals surface area contributed by atoms with E-state index in [9.17, 15) is 30.6 Å². The smallest absolute Gasteiger partial charge is 0.224 e. The van der Waals surface area contributed by atoms with Gasteiger partial charge in [-0.05, 0) is 6.92 Å². The molecule has 0 radical (unpaired) electrons. The SMILES string of the molecule is CC1CO1.OCCO.OC[C@H]1O[C@](CO)(O[C@H]2O[C@H](CO)[C@@H](O)[C@H](O)[C@H]2O)[C@@H](O)[C@@H]1O. The largest absolute Gasteiger partial charge is 0.394 e. The predicted octanol–water partition coefficient (Wildman–Crippen LogP) is -6.02. The summed E-state index contributed by atoms with van der Waals surface area (Å²) in [5.74, 6) is -2.22. The second-order valence-corrected chi connectivity index (χ2v) is 7.15. The molecule has 14 heteroatoms. The molecule has 186 valence electrons. The monoisotopic (exact) mass is 462 g/mol. The molecule has 0 amide bonds. The van der Waals surface area contributed by atoms with Gasteiger partial charge in [-0.15, -0.1) is 0 Å². The zero-order valence-corrected chi connectivity index (χ0v) is 17.0. The van der Waals surface area contributed by atoms with Crippen molar-refractivity contribution in [3.8, 4) is 0 Å². The molecule has 0 spiro atoms. The molecule has 3 rings (SSSR count). The molecule has 0 bridgehead atoms. The van der Waals surface area contributed by atoms with Crippen LogP contribution in [0.3, 0.4) is 0 Å². The maximum absolute atomic E-state index is 10.00. The summed E-state index contributed by atoms with van der Waals surface area (Å²) in [6.45, 7) is 0.469. The first-order valence-corrected chi connectivity index (χ1v) is 9.69. The highest BCUT2D eigenvalue weighted by atomic mass is 16.8. The summed E-state index contributed by atoms with van der Waals surface area (Å²) >= 11 is 0. The Hall–Kier alpha value is -0.560. The molecule has 0 aromatic rings. The minimum Gasteiger partial charge on any atom is -0.394 e. The van der Waals surface area contributed by atoms with Gasteiger partial charge in [-0.3, -0.25) is 0 Å². The first-order chi connectivity index (χ1) is 14.6. The average Bonchev–Trinajstić information content (AvgIpc) is 3.53. The van der Waals surface area contributed by atoms with Crippen LogP contribution in [0, 0.1) is 0 Å². The fraction of sp³-hybridized carbons (Fsp3) is 1.00. The lowest BCUT2D eigenvalue weighted by Crippen LogP contribution is -2.62. The Morgan fingerprint density at radius 3 is 1.68 bits per heavy atom. The lowest BCUT2D eigenvalue weighted by molar-refractivity contribution is -0.383. The molecule has 3 fully saturated rings. The van der Waals surface area contributed by atoms with Crippen molar-refractivity contribution in [3.05, 3.63) is 0 Å². The van der Waals surface area contributed by atoms with Gasteiger partial charge in [0, 0.05) is 0 Å². The van der Waals surface area contributed by atoms with Gasteiger partial charge in [0.05, 0.1) is 39.1 Å². The van der Waals surface area contributed by atoms with Crippen LogP contribution < -0.4 is 0 Å². The van der Waals surface area contributed by atoms with Gasteiger partial charge in [0.15, 0.2) is 6.29 Å². The Morgan fingerprint density at radius 2 is 1.32 bits per heavy atom. The van der Waals surface area contributed by atoms with Crippen LogP contribution in [-0.4, -0.2) is 152 Å². The minimum atomic E-state index is -2.22. The van der Waals surface area contributed by atoms with Crippen molar-refractivity contribution in [1.82, 2.24) is 0 Å². The van der Waals surface area contributed by atoms with E-state index in [1.165, 1.54) is 0 Å². The number of aliphatic hydroxyl groups is 10. The standard InChI is InChI=1S/C12H22O11.C3H6O.C2H6O2/c13-1-4-6(16)8(18)9(19)11(21-4)23-12(3-15)10(20)7(17)5(2-14)22-12;1-3-2-4-3;3-1-2-4/h4-11,13-20H,1-3H2;3H,2H2,1H3;3-4H,1-2H2/t4-,5-,6-,7-,8+,9-,10+,11-,12-;;/m1../s1. The summed E-state index contributed by atoms with van der Waals surface area (Å²) in [5.41, 5.74) is 0. The molecule has 0 saturated carbocycles. The second-order valence-electron chi connectivity index (χ2n) is 7.15. The molecule has 31 heavy (non-hydrogen) atoms. The first kappa shape index (κ1) is 28.5. The van der Waals surface area contributed by atoms with E-state index in [1.807, 2.05) is 0 Å². The lowest BCUT2D eigenvalue weighted by Gasteiger charge is -2.43. The number of rotatable bonds is 6. The normalized spacial score (nSPS) is 44.0. The van der Waals surface area contributed by atoms with Crippen LogP contribution in [-0.2, 0) is 18.9 Å². The maximum atomic E-state index is 10.00. The molecule has 14 nitrogen and oxygen atoms in total. The maximum Gasteiger partial charge on any atom is 0.224 e. The van der Waals surface area contributed by atoms with Crippen LogP contribution in [0.15, 0.2) is 0 Å². The van der Waals surface area contributed by atoms with E-state index in [4.69, 9.17) is 39.4 Å². The van der Waals surface area contributed by atoms with Gasteiger partial charge in [0.25, 0.3) is 0 Å². The Balaban J connectivity index is 0.000000505. The zero-order valence-electron chi connectivity index (χ0n) is 17.0. The minimum absolute atomic E-state index is 0.125. The summed E-state index contributed by atoms with van der Waals surface area (Å²) in [4.78, 5) is 0. The molecular weight excluding hydrogens is 428 g/mol. The van der Waals surface area contributed by atoms with Crippen LogP contribution in [0.25, 0.3) is 0 Å². The first-order valence-electron chi connectivity index (χ1n) is 9.69. The van der Waals surface area contributed by atoms with E-state index in [0.717, 1.165) is 6.61 Å². The molecule has 1 unspecified atom stereocenters. The molecule has 3 aliphatic heterocycles. The quantitative estimate of drug-likeness (QED) is 0.165. The molecule has 3 aliphatic rings. The van der Waals surface area contributed by atoms with Gasteiger partial charge >= 0.3 is 0 Å². The highest BCUT2D eigenvalue weighted by Crippen LogP contribution is 2.35. The number of aliphatic hydroxyl groups excluding tert-OH is 10. The number of ether oxygens (including phenoxy) is 4. The molecule has 10 atom stereocenters. The van der Waals surface area contributed by atoms with Crippen LogP contribution >= 0.6 is 0 Å². The summed E-state index contributed by atoms with van der Waals surface area (Å²) in [6, 6.07) is 0. The van der Waals surface area contributed by atoms with Crippen LogP contribution in [0.4, 0.5) is 0 Å². The Morgan fingerprint density at radius 1 is 0.806 bits per heavy atom. The Kier molecular flexibility index (Phi) is 12.1. The second kappa shape index (κ2) is 13.2. The van der Waals surface area contributed by atoms with E-state index in [2.05, 4.69) is 6.92 Å². The van der Waals surface area contributed by atoms with E-state index >= 15 is 0 Å². The molecule has 3 heterocycles. The van der Waals surface area contributed by atoms with Crippen molar-refractivity contribution in [2.24, 2.45) is 0 Å². The molecule has 3 saturated heterocycles. The van der Waals surface area contributed by atoms with Crippen molar-refractivity contribution in [1.29, 1.82) is 0 Å². The fourth-order valence-electron chi connectivity index (χ4n) is 2.73. The highest BCUT2D eigenvalue weighted by Gasteiger charge is 2.58. The topological polar surface area (TPSA) is 243 Å². The summed E-state index contributed by atoms with van der Waals surface area (Å²) in [6.07, 6.45) is -12.1. The van der Waals surface area contributed by atoms with Crippen molar-refractivity contribution < 1.29 is 70.0 Å². The predicted molar refractivity (Wildman–Crippen MR) is 98.2 cm³/mol. The summed E-state index contributed by atoms with van der Waals surface area (Å²) < 4.78 is 20.2. The fourth-order valence-corrected chi connectivity index (χ4v) is 2.73. The third kappa shape index (κ3) is 7.48. The van der Waals surface area contributed by atoms with Gasteiger partial charge in [-0.2, -0.15) is 0 Å². The molecule has 0 aromatic carbocycles. The van der Waals surface area contributed by atoms with Crippen molar-refractivity contribution in [3.63, 3.8) is 0 Å². The highest BCUT2D eigenvalue weighted by molar-refractivity contribution is 4.98. The van der Waals surface area contributed by atoms with E-state index in [0.29, 0.717) is 6.10 Å². The number of hydrogen-bond donors (Lipinski definition) is 10. The molecule has 0 aromatic heterocycles. The summed E-state index contributed by atoms with van der Waals surface area (Å²) in [5, 5.41) is 91.9. The van der Waals surface area contributed by atoms with Crippen molar-refractivity contribution >= 4 is 0 Å². The molecular formula is C17H34O14. The van der Waals surface area contributed by atoms with Crippen molar-refractivity contribution in [2.45, 2.75) is 67.8 Å². The number of epoxide rings is 1. The molecule has 10 N–H and O–H groups in total. The van der Waals surface area contributed by atoms with Crippen molar-refractivity contribution in [2.75, 3.05) is 39.6 Å². The van der Waals surface area contributed by atoms with E-state index in [1.54, 1.807) is 0 Å². The average molecular weight is 462 g/mol. The lowest BCUT2D eigenvalue weighted by atomic mass is 9.99. The third-order valence-corrected chi connectivity index (χ3v) is 4.67. The Labute approximate surface area is 178 Å². The van der Waals surface area contributed by atoms with Gasteiger partial charge < -0.3 is 70.0 Å². The van der Waals surface area contributed by atoms with Gasteiger partial charge in [-0.25, -0.2) is 0 Å². The van der Waals surface area contributed by atoms with Gasteiger partial charge in [0.1, 0.15) is 49.3 Å². The van der Waals surface area contributed by atoms with E-state index < -0.39 is 74.6 Å². The Bertz CT molecular complexity index is 489.